The van der Waals surface area contributed by atoms with Crippen molar-refractivity contribution >= 4 is 11.0 Å². The van der Waals surface area contributed by atoms with Gasteiger partial charge in [0.15, 0.2) is 0 Å². The third-order valence-corrected chi connectivity index (χ3v) is 3.41. The number of para-hydroxylation sites is 1. The summed E-state index contributed by atoms with van der Waals surface area (Å²) in [6.45, 7) is 2.11. The van der Waals surface area contributed by atoms with Gasteiger partial charge in [-0.05, 0) is 24.1 Å². The summed E-state index contributed by atoms with van der Waals surface area (Å²) in [5.74, 6) is 1.12. The minimum absolute atomic E-state index is 0.880. The van der Waals surface area contributed by atoms with Gasteiger partial charge in [0.25, 0.3) is 0 Å². The third-order valence-electron chi connectivity index (χ3n) is 3.41. The number of hydrogen-bond acceptors (Lipinski definition) is 1. The van der Waals surface area contributed by atoms with Crippen molar-refractivity contribution in [1.82, 2.24) is 9.55 Å². The summed E-state index contributed by atoms with van der Waals surface area (Å²) in [6.07, 6.45) is 0.880. The summed E-state index contributed by atoms with van der Waals surface area (Å²) < 4.78 is 2.19. The lowest BCUT2D eigenvalue weighted by atomic mass is 10.1. The molecule has 0 unspecified atom stereocenters. The molecule has 0 fully saturated rings. The molecule has 1 heterocycles. The molecule has 0 atom stereocenters. The monoisotopic (exact) mass is 236 g/mol. The van der Waals surface area contributed by atoms with Crippen molar-refractivity contribution in [3.8, 4) is 0 Å². The van der Waals surface area contributed by atoms with Crippen molar-refractivity contribution in [3.63, 3.8) is 0 Å². The predicted octanol–water partition coefficient (Wildman–Crippen LogP) is 3.47. The van der Waals surface area contributed by atoms with Crippen LogP contribution in [0, 0.1) is 6.92 Å². The van der Waals surface area contributed by atoms with Crippen LogP contribution in [0.4, 0.5) is 0 Å². The van der Waals surface area contributed by atoms with Crippen molar-refractivity contribution in [2.75, 3.05) is 0 Å². The normalized spacial score (nSPS) is 11.0. The summed E-state index contributed by atoms with van der Waals surface area (Å²) >= 11 is 0. The number of hydrogen-bond donors (Lipinski definition) is 0. The van der Waals surface area contributed by atoms with E-state index in [1.807, 2.05) is 6.07 Å². The third kappa shape index (κ3) is 1.80. The summed E-state index contributed by atoms with van der Waals surface area (Å²) in [6, 6.07) is 16.8. The molecule has 3 aromatic rings. The minimum Gasteiger partial charge on any atom is -0.331 e. The van der Waals surface area contributed by atoms with Crippen LogP contribution in [0.5, 0.6) is 0 Å². The molecule has 0 aliphatic heterocycles. The van der Waals surface area contributed by atoms with Crippen molar-refractivity contribution in [1.29, 1.82) is 0 Å². The lowest BCUT2D eigenvalue weighted by molar-refractivity contribution is 0.844. The lowest BCUT2D eigenvalue weighted by Gasteiger charge is -2.02. The fraction of sp³-hybridized carbons (Fsp3) is 0.188. The molecule has 0 amide bonds. The number of fused-ring (bicyclic) bond motifs is 1. The number of imidazole rings is 1. The van der Waals surface area contributed by atoms with E-state index in [1.165, 1.54) is 16.6 Å². The van der Waals surface area contributed by atoms with Crippen LogP contribution in [-0.2, 0) is 13.5 Å². The van der Waals surface area contributed by atoms with Crippen LogP contribution in [0.2, 0.25) is 0 Å². The Morgan fingerprint density at radius 3 is 2.50 bits per heavy atom. The molecule has 1 aromatic heterocycles. The summed E-state index contributed by atoms with van der Waals surface area (Å²) in [5.41, 5.74) is 4.86. The van der Waals surface area contributed by atoms with Gasteiger partial charge in [0.2, 0.25) is 0 Å². The van der Waals surface area contributed by atoms with E-state index in [9.17, 15) is 0 Å². The van der Waals surface area contributed by atoms with Crippen molar-refractivity contribution < 1.29 is 0 Å². The number of aryl methyl sites for hydroxylation is 2. The maximum Gasteiger partial charge on any atom is 0.114 e. The molecule has 90 valence electrons. The SMILES string of the molecule is Cc1cccc2c1nc(Cc1ccccc1)n2C. The Morgan fingerprint density at radius 1 is 1.00 bits per heavy atom. The second-order valence-electron chi connectivity index (χ2n) is 4.69. The Bertz CT molecular complexity index is 681. The fourth-order valence-corrected chi connectivity index (χ4v) is 2.34. The molecule has 2 aromatic carbocycles. The summed E-state index contributed by atoms with van der Waals surface area (Å²) in [5, 5.41) is 0. The molecule has 0 bridgehead atoms. The Kier molecular flexibility index (Phi) is 2.63. The van der Waals surface area contributed by atoms with Crippen LogP contribution in [0.3, 0.4) is 0 Å². The molecule has 18 heavy (non-hydrogen) atoms. The highest BCUT2D eigenvalue weighted by Crippen LogP contribution is 2.20. The van der Waals surface area contributed by atoms with Crippen LogP contribution in [0.25, 0.3) is 11.0 Å². The van der Waals surface area contributed by atoms with Gasteiger partial charge in [0.05, 0.1) is 11.0 Å². The van der Waals surface area contributed by atoms with Gasteiger partial charge in [-0.3, -0.25) is 0 Å². The van der Waals surface area contributed by atoms with Gasteiger partial charge < -0.3 is 4.57 Å². The number of benzene rings is 2. The highest BCUT2D eigenvalue weighted by Gasteiger charge is 2.09. The van der Waals surface area contributed by atoms with Gasteiger partial charge in [-0.15, -0.1) is 0 Å². The molecule has 0 saturated carbocycles. The number of aromatic nitrogens is 2. The van der Waals surface area contributed by atoms with Crippen LogP contribution in [0.15, 0.2) is 48.5 Å². The van der Waals surface area contributed by atoms with Gasteiger partial charge >= 0.3 is 0 Å². The maximum atomic E-state index is 4.77. The number of nitrogens with zero attached hydrogens (tertiary/aromatic N) is 2. The highest BCUT2D eigenvalue weighted by atomic mass is 15.1. The average molecular weight is 236 g/mol. The highest BCUT2D eigenvalue weighted by molar-refractivity contribution is 5.79. The van der Waals surface area contributed by atoms with E-state index >= 15 is 0 Å². The standard InChI is InChI=1S/C16H16N2/c1-12-7-6-10-14-16(12)17-15(18(14)2)11-13-8-4-3-5-9-13/h3-10H,11H2,1-2H3. The van der Waals surface area contributed by atoms with Gasteiger partial charge in [-0.2, -0.15) is 0 Å². The smallest absolute Gasteiger partial charge is 0.114 e. The van der Waals surface area contributed by atoms with Crippen LogP contribution in [0.1, 0.15) is 17.0 Å². The maximum absolute atomic E-state index is 4.77. The van der Waals surface area contributed by atoms with Crippen molar-refractivity contribution in [2.24, 2.45) is 7.05 Å². The Morgan fingerprint density at radius 2 is 1.78 bits per heavy atom. The molecule has 0 aliphatic rings. The lowest BCUT2D eigenvalue weighted by Crippen LogP contribution is -1.98. The summed E-state index contributed by atoms with van der Waals surface area (Å²) in [4.78, 5) is 4.77. The second-order valence-corrected chi connectivity index (χ2v) is 4.69. The molecular formula is C16H16N2. The molecular weight excluding hydrogens is 220 g/mol. The van der Waals surface area contributed by atoms with E-state index in [4.69, 9.17) is 4.98 Å². The zero-order valence-electron chi connectivity index (χ0n) is 10.7. The van der Waals surface area contributed by atoms with Gasteiger partial charge in [0, 0.05) is 13.5 Å². The molecule has 0 spiro atoms. The first-order chi connectivity index (χ1) is 8.75. The van der Waals surface area contributed by atoms with Gasteiger partial charge in [-0.1, -0.05) is 42.5 Å². The first-order valence-electron chi connectivity index (χ1n) is 6.20. The zero-order chi connectivity index (χ0) is 12.5. The molecule has 3 rings (SSSR count). The van der Waals surface area contributed by atoms with E-state index in [0.717, 1.165) is 17.8 Å². The van der Waals surface area contributed by atoms with Crippen molar-refractivity contribution in [3.05, 3.63) is 65.5 Å². The number of rotatable bonds is 2. The van der Waals surface area contributed by atoms with Gasteiger partial charge in [0.1, 0.15) is 5.82 Å². The van der Waals surface area contributed by atoms with Crippen molar-refractivity contribution in [2.45, 2.75) is 13.3 Å². The predicted molar refractivity (Wildman–Crippen MR) is 74.7 cm³/mol. The van der Waals surface area contributed by atoms with E-state index in [-0.39, 0.29) is 0 Å². The first-order valence-corrected chi connectivity index (χ1v) is 6.20. The Balaban J connectivity index is 2.08. The molecule has 0 radical (unpaired) electrons. The minimum atomic E-state index is 0.880. The largest absolute Gasteiger partial charge is 0.331 e. The average Bonchev–Trinajstić information content (AvgIpc) is 2.70. The zero-order valence-corrected chi connectivity index (χ0v) is 10.7. The topological polar surface area (TPSA) is 17.8 Å². The van der Waals surface area contributed by atoms with Crippen LogP contribution >= 0.6 is 0 Å². The second kappa shape index (κ2) is 4.30. The van der Waals surface area contributed by atoms with Crippen LogP contribution < -0.4 is 0 Å². The van der Waals surface area contributed by atoms with E-state index in [0.29, 0.717) is 0 Å². The van der Waals surface area contributed by atoms with E-state index in [1.54, 1.807) is 0 Å². The molecule has 0 aliphatic carbocycles. The summed E-state index contributed by atoms with van der Waals surface area (Å²) in [7, 11) is 2.09. The quantitative estimate of drug-likeness (QED) is 0.666. The fourth-order valence-electron chi connectivity index (χ4n) is 2.34. The van der Waals surface area contributed by atoms with E-state index < -0.39 is 0 Å². The Labute approximate surface area is 107 Å². The molecule has 2 nitrogen and oxygen atoms in total. The molecule has 0 N–H and O–H groups in total. The van der Waals surface area contributed by atoms with Crippen LogP contribution in [-0.4, -0.2) is 9.55 Å². The molecule has 0 saturated heterocycles. The molecule has 2 heteroatoms. The van der Waals surface area contributed by atoms with E-state index in [2.05, 4.69) is 61.0 Å². The Hall–Kier alpha value is -2.09. The van der Waals surface area contributed by atoms with Gasteiger partial charge in [-0.25, -0.2) is 4.98 Å². The first kappa shape index (κ1) is 11.0.